The second-order valence-electron chi connectivity index (χ2n) is 2.47. The molecule has 0 radical (unpaired) electrons. The lowest BCUT2D eigenvalue weighted by Crippen LogP contribution is -1.99. The van der Waals surface area contributed by atoms with Gasteiger partial charge in [0, 0.05) is 5.92 Å². The predicted octanol–water partition coefficient (Wildman–Crippen LogP) is 1.36. The molecule has 0 fully saturated rings. The Labute approximate surface area is 91.8 Å². The number of pyridine rings is 1. The third kappa shape index (κ3) is 3.49. The Bertz CT molecular complexity index is 434. The van der Waals surface area contributed by atoms with Gasteiger partial charge in [-0.1, -0.05) is 11.6 Å². The molecular formula is C10H8ClNO3. The van der Waals surface area contributed by atoms with E-state index in [9.17, 15) is 9.90 Å². The number of rotatable bonds is 1. The second kappa shape index (κ2) is 5.23. The van der Waals surface area contributed by atoms with Gasteiger partial charge >= 0.3 is 5.97 Å². The van der Waals surface area contributed by atoms with Gasteiger partial charge in [0.1, 0.15) is 10.9 Å². The van der Waals surface area contributed by atoms with E-state index in [-0.39, 0.29) is 23.2 Å². The van der Waals surface area contributed by atoms with Crippen molar-refractivity contribution in [2.45, 2.75) is 6.92 Å². The van der Waals surface area contributed by atoms with Crippen LogP contribution in [0.3, 0.4) is 0 Å². The zero-order chi connectivity index (χ0) is 11.3. The average molecular weight is 226 g/mol. The molecule has 0 aliphatic rings. The summed E-state index contributed by atoms with van der Waals surface area (Å²) < 4.78 is 4.58. The minimum atomic E-state index is -0.668. The van der Waals surface area contributed by atoms with E-state index in [1.54, 1.807) is 6.92 Å². The van der Waals surface area contributed by atoms with Gasteiger partial charge in [-0.15, -0.1) is 0 Å². The molecule has 1 N–H and O–H groups in total. The van der Waals surface area contributed by atoms with E-state index in [4.69, 9.17) is 11.6 Å². The van der Waals surface area contributed by atoms with Gasteiger partial charge < -0.3 is 9.84 Å². The number of ether oxygens (including phenoxy) is 1. The van der Waals surface area contributed by atoms with E-state index in [2.05, 4.69) is 21.6 Å². The largest absolute Gasteiger partial charge is 0.505 e. The summed E-state index contributed by atoms with van der Waals surface area (Å²) in [5.74, 6) is 3.75. The zero-order valence-electron chi connectivity index (χ0n) is 7.95. The highest BCUT2D eigenvalue weighted by molar-refractivity contribution is 6.29. The van der Waals surface area contributed by atoms with Gasteiger partial charge in [-0.2, -0.15) is 0 Å². The van der Waals surface area contributed by atoms with Crippen molar-refractivity contribution in [1.82, 2.24) is 4.98 Å². The highest BCUT2D eigenvalue weighted by Crippen LogP contribution is 2.15. The maximum Gasteiger partial charge on any atom is 0.384 e. The lowest BCUT2D eigenvalue weighted by molar-refractivity contribution is -0.136. The Hall–Kier alpha value is -1.73. The fourth-order valence-corrected chi connectivity index (χ4v) is 0.945. The molecule has 4 nitrogen and oxygen atoms in total. The van der Waals surface area contributed by atoms with Crippen molar-refractivity contribution in [3.8, 4) is 17.6 Å². The number of hydrogen-bond donors (Lipinski definition) is 1. The van der Waals surface area contributed by atoms with Crippen LogP contribution in [0, 0.1) is 11.8 Å². The molecule has 1 rings (SSSR count). The van der Waals surface area contributed by atoms with Gasteiger partial charge in [0.05, 0.1) is 6.61 Å². The Morgan fingerprint density at radius 2 is 2.40 bits per heavy atom. The molecule has 1 aromatic rings. The van der Waals surface area contributed by atoms with Crippen LogP contribution in [-0.2, 0) is 9.53 Å². The summed E-state index contributed by atoms with van der Waals surface area (Å²) in [5.41, 5.74) is 0.0514. The SMILES string of the molecule is CCOC(=O)C#Cc1nc(Cl)ccc1O. The molecule has 0 spiro atoms. The summed E-state index contributed by atoms with van der Waals surface area (Å²) in [4.78, 5) is 14.6. The normalized spacial score (nSPS) is 8.93. The molecule has 0 aliphatic heterocycles. The first-order valence-corrected chi connectivity index (χ1v) is 4.55. The highest BCUT2D eigenvalue weighted by Gasteiger charge is 2.01. The summed E-state index contributed by atoms with van der Waals surface area (Å²) in [6.45, 7) is 1.93. The summed E-state index contributed by atoms with van der Waals surface area (Å²) in [6, 6.07) is 2.77. The maximum atomic E-state index is 10.9. The van der Waals surface area contributed by atoms with E-state index in [0.29, 0.717) is 0 Å². The molecule has 0 saturated heterocycles. The molecule has 1 heterocycles. The van der Waals surface area contributed by atoms with Gasteiger partial charge in [-0.3, -0.25) is 0 Å². The number of carbonyl (C=O) groups is 1. The maximum absolute atomic E-state index is 10.9. The van der Waals surface area contributed by atoms with E-state index < -0.39 is 5.97 Å². The lowest BCUT2D eigenvalue weighted by atomic mass is 10.3. The van der Waals surface area contributed by atoms with Crippen LogP contribution in [0.25, 0.3) is 0 Å². The predicted molar refractivity (Wildman–Crippen MR) is 54.4 cm³/mol. The first-order chi connectivity index (χ1) is 7.13. The fourth-order valence-electron chi connectivity index (χ4n) is 0.797. The van der Waals surface area contributed by atoms with E-state index in [0.717, 1.165) is 0 Å². The smallest absolute Gasteiger partial charge is 0.384 e. The number of esters is 1. The van der Waals surface area contributed by atoms with Gasteiger partial charge in [-0.05, 0) is 25.0 Å². The Balaban J connectivity index is 2.88. The van der Waals surface area contributed by atoms with Crippen molar-refractivity contribution < 1.29 is 14.6 Å². The molecule has 15 heavy (non-hydrogen) atoms. The molecule has 0 unspecified atom stereocenters. The van der Waals surface area contributed by atoms with Crippen LogP contribution in [0.2, 0.25) is 5.15 Å². The van der Waals surface area contributed by atoms with Crippen LogP contribution in [0.5, 0.6) is 5.75 Å². The second-order valence-corrected chi connectivity index (χ2v) is 2.86. The monoisotopic (exact) mass is 225 g/mol. The lowest BCUT2D eigenvalue weighted by Gasteiger charge is -1.95. The average Bonchev–Trinajstić information content (AvgIpc) is 2.20. The minimum Gasteiger partial charge on any atom is -0.505 e. The molecule has 0 aliphatic carbocycles. The van der Waals surface area contributed by atoms with Crippen LogP contribution >= 0.6 is 11.6 Å². The van der Waals surface area contributed by atoms with Crippen molar-refractivity contribution in [3.05, 3.63) is 23.0 Å². The van der Waals surface area contributed by atoms with Crippen LogP contribution < -0.4 is 0 Å². The van der Waals surface area contributed by atoms with E-state index in [1.807, 2.05) is 0 Å². The molecule has 0 bridgehead atoms. The highest BCUT2D eigenvalue weighted by atomic mass is 35.5. The third-order valence-electron chi connectivity index (χ3n) is 1.40. The molecule has 78 valence electrons. The van der Waals surface area contributed by atoms with Crippen molar-refractivity contribution in [1.29, 1.82) is 0 Å². The number of aromatic nitrogens is 1. The van der Waals surface area contributed by atoms with Gasteiger partial charge in [0.15, 0.2) is 5.69 Å². The number of carbonyl (C=O) groups excluding carboxylic acids is 1. The van der Waals surface area contributed by atoms with Crippen LogP contribution in [0.1, 0.15) is 12.6 Å². The fraction of sp³-hybridized carbons (Fsp3) is 0.200. The summed E-state index contributed by atoms with van der Waals surface area (Å²) in [7, 11) is 0. The van der Waals surface area contributed by atoms with Crippen molar-refractivity contribution in [3.63, 3.8) is 0 Å². The quantitative estimate of drug-likeness (QED) is 0.445. The van der Waals surface area contributed by atoms with Crippen molar-refractivity contribution in [2.24, 2.45) is 0 Å². The molecule has 1 aromatic heterocycles. The summed E-state index contributed by atoms with van der Waals surface area (Å²) >= 11 is 5.59. The van der Waals surface area contributed by atoms with Gasteiger partial charge in [-0.25, -0.2) is 9.78 Å². The Morgan fingerprint density at radius 1 is 1.67 bits per heavy atom. The Morgan fingerprint density at radius 3 is 3.07 bits per heavy atom. The first-order valence-electron chi connectivity index (χ1n) is 4.17. The van der Waals surface area contributed by atoms with Crippen LogP contribution in [0.4, 0.5) is 0 Å². The molecular weight excluding hydrogens is 218 g/mol. The summed E-state index contributed by atoms with van der Waals surface area (Å²) in [5, 5.41) is 9.50. The standard InChI is InChI=1S/C10H8ClNO3/c1-2-15-10(14)6-3-7-8(13)4-5-9(11)12-7/h4-5,13H,2H2,1H3. The van der Waals surface area contributed by atoms with Crippen LogP contribution in [0.15, 0.2) is 12.1 Å². The summed E-state index contributed by atoms with van der Waals surface area (Å²) in [6.07, 6.45) is 0. The van der Waals surface area contributed by atoms with E-state index in [1.165, 1.54) is 12.1 Å². The molecule has 0 aromatic carbocycles. The Kier molecular flexibility index (Phi) is 3.95. The van der Waals surface area contributed by atoms with E-state index >= 15 is 0 Å². The number of halogens is 1. The molecule has 0 atom stereocenters. The third-order valence-corrected chi connectivity index (χ3v) is 1.61. The number of nitrogens with zero attached hydrogens (tertiary/aromatic N) is 1. The molecule has 5 heteroatoms. The van der Waals surface area contributed by atoms with Gasteiger partial charge in [0.25, 0.3) is 0 Å². The minimum absolute atomic E-state index is 0.0514. The van der Waals surface area contributed by atoms with Gasteiger partial charge in [0.2, 0.25) is 0 Å². The van der Waals surface area contributed by atoms with Crippen molar-refractivity contribution >= 4 is 17.6 Å². The molecule has 0 saturated carbocycles. The first kappa shape index (κ1) is 11.3. The number of hydrogen-bond acceptors (Lipinski definition) is 4. The van der Waals surface area contributed by atoms with Crippen LogP contribution in [-0.4, -0.2) is 22.7 Å². The number of aromatic hydroxyl groups is 1. The van der Waals surface area contributed by atoms with Crippen molar-refractivity contribution in [2.75, 3.05) is 6.61 Å². The topological polar surface area (TPSA) is 59.4 Å². The molecule has 0 amide bonds. The zero-order valence-corrected chi connectivity index (χ0v) is 8.71.